The van der Waals surface area contributed by atoms with Gasteiger partial charge in [-0.25, -0.2) is 0 Å². The maximum Gasteiger partial charge on any atom is 0.220 e. The van der Waals surface area contributed by atoms with E-state index in [1.807, 2.05) is 6.20 Å². The van der Waals surface area contributed by atoms with Gasteiger partial charge < -0.3 is 5.32 Å². The molecule has 0 aliphatic carbocycles. The van der Waals surface area contributed by atoms with Crippen LogP contribution < -0.4 is 5.32 Å². The van der Waals surface area contributed by atoms with Gasteiger partial charge in [0, 0.05) is 19.2 Å². The molecular weight excluding hydrogens is 176 g/mol. The van der Waals surface area contributed by atoms with Crippen molar-refractivity contribution in [2.24, 2.45) is 0 Å². The van der Waals surface area contributed by atoms with Gasteiger partial charge in [0.2, 0.25) is 5.91 Å². The van der Waals surface area contributed by atoms with Gasteiger partial charge in [-0.3, -0.25) is 9.69 Å². The van der Waals surface area contributed by atoms with E-state index >= 15 is 0 Å². The van der Waals surface area contributed by atoms with Crippen molar-refractivity contribution in [1.82, 2.24) is 10.2 Å². The quantitative estimate of drug-likeness (QED) is 0.681. The molecule has 3 nitrogen and oxygen atoms in total. The number of hydrogen-bond donors (Lipinski definition) is 1. The molecule has 1 amide bonds. The van der Waals surface area contributed by atoms with Crippen LogP contribution in [-0.2, 0) is 4.79 Å². The molecule has 14 heavy (non-hydrogen) atoms. The molecule has 0 spiro atoms. The van der Waals surface area contributed by atoms with E-state index in [2.05, 4.69) is 10.2 Å². The van der Waals surface area contributed by atoms with Gasteiger partial charge in [0.05, 0.1) is 0 Å². The first-order valence-electron chi connectivity index (χ1n) is 5.47. The first-order chi connectivity index (χ1) is 6.77. The van der Waals surface area contributed by atoms with Crippen LogP contribution in [0.3, 0.4) is 0 Å². The molecule has 2 aliphatic rings. The lowest BCUT2D eigenvalue weighted by molar-refractivity contribution is -0.118. The summed E-state index contributed by atoms with van der Waals surface area (Å²) in [5.41, 5.74) is 1.42. The molecule has 78 valence electrons. The SMILES string of the molecule is CC(=O)N/C=C1/CCCN2CCCC12. The standard InChI is InChI=1S/C11H18N2O/c1-9(14)12-8-10-4-2-6-13-7-3-5-11(10)13/h8,11H,2-7H2,1H3,(H,12,14)/b10-8-. The molecule has 2 rings (SSSR count). The molecule has 1 atom stereocenters. The zero-order chi connectivity index (χ0) is 9.97. The molecule has 0 radical (unpaired) electrons. The van der Waals surface area contributed by atoms with Crippen LogP contribution in [0, 0.1) is 0 Å². The van der Waals surface area contributed by atoms with Crippen molar-refractivity contribution < 1.29 is 4.79 Å². The van der Waals surface area contributed by atoms with Crippen LogP contribution in [0.25, 0.3) is 0 Å². The molecule has 1 unspecified atom stereocenters. The van der Waals surface area contributed by atoms with Crippen LogP contribution >= 0.6 is 0 Å². The fourth-order valence-electron chi connectivity index (χ4n) is 2.53. The summed E-state index contributed by atoms with van der Waals surface area (Å²) in [6.45, 7) is 4.04. The summed E-state index contributed by atoms with van der Waals surface area (Å²) < 4.78 is 0. The molecular formula is C11H18N2O. The minimum Gasteiger partial charge on any atom is -0.333 e. The Balaban J connectivity index is 2.02. The number of nitrogens with zero attached hydrogens (tertiary/aromatic N) is 1. The van der Waals surface area contributed by atoms with Crippen molar-refractivity contribution in [3.63, 3.8) is 0 Å². The van der Waals surface area contributed by atoms with E-state index in [9.17, 15) is 4.79 Å². The molecule has 0 bridgehead atoms. The molecule has 0 aromatic carbocycles. The van der Waals surface area contributed by atoms with Crippen molar-refractivity contribution in [1.29, 1.82) is 0 Å². The van der Waals surface area contributed by atoms with Gasteiger partial charge in [0.25, 0.3) is 0 Å². The Kier molecular flexibility index (Phi) is 2.87. The Labute approximate surface area is 85.2 Å². The van der Waals surface area contributed by atoms with E-state index < -0.39 is 0 Å². The molecule has 1 N–H and O–H groups in total. The number of piperidine rings is 1. The van der Waals surface area contributed by atoms with Gasteiger partial charge in [-0.05, 0) is 44.3 Å². The summed E-state index contributed by atoms with van der Waals surface area (Å²) in [7, 11) is 0. The van der Waals surface area contributed by atoms with E-state index in [1.54, 1.807) is 6.92 Å². The summed E-state index contributed by atoms with van der Waals surface area (Å²) in [4.78, 5) is 13.3. The van der Waals surface area contributed by atoms with Crippen LogP contribution in [0.1, 0.15) is 32.6 Å². The Morgan fingerprint density at radius 2 is 2.29 bits per heavy atom. The first-order valence-corrected chi connectivity index (χ1v) is 5.47. The number of fused-ring (bicyclic) bond motifs is 1. The van der Waals surface area contributed by atoms with Gasteiger partial charge >= 0.3 is 0 Å². The van der Waals surface area contributed by atoms with Gasteiger partial charge in [0.1, 0.15) is 0 Å². The van der Waals surface area contributed by atoms with Gasteiger partial charge in [-0.2, -0.15) is 0 Å². The summed E-state index contributed by atoms with van der Waals surface area (Å²) in [6, 6.07) is 0.621. The van der Waals surface area contributed by atoms with E-state index in [1.165, 1.54) is 37.9 Å². The zero-order valence-corrected chi connectivity index (χ0v) is 8.75. The number of amides is 1. The minimum absolute atomic E-state index is 0.0348. The fourth-order valence-corrected chi connectivity index (χ4v) is 2.53. The lowest BCUT2D eigenvalue weighted by Gasteiger charge is -2.31. The van der Waals surface area contributed by atoms with Crippen molar-refractivity contribution in [3.05, 3.63) is 11.8 Å². The first kappa shape index (κ1) is 9.71. The highest BCUT2D eigenvalue weighted by molar-refractivity contribution is 5.74. The van der Waals surface area contributed by atoms with E-state index in [-0.39, 0.29) is 5.91 Å². The van der Waals surface area contributed by atoms with Crippen molar-refractivity contribution >= 4 is 5.91 Å². The molecule has 0 saturated carbocycles. The predicted octanol–water partition coefficient (Wildman–Crippen LogP) is 1.26. The van der Waals surface area contributed by atoms with Crippen LogP contribution in [-0.4, -0.2) is 29.9 Å². The molecule has 2 fully saturated rings. The third-order valence-corrected chi connectivity index (χ3v) is 3.16. The van der Waals surface area contributed by atoms with Crippen LogP contribution in [0.2, 0.25) is 0 Å². The molecule has 0 aromatic rings. The number of hydrogen-bond acceptors (Lipinski definition) is 2. The van der Waals surface area contributed by atoms with E-state index in [4.69, 9.17) is 0 Å². The van der Waals surface area contributed by atoms with E-state index in [0.29, 0.717) is 6.04 Å². The van der Waals surface area contributed by atoms with Crippen molar-refractivity contribution in [2.45, 2.75) is 38.6 Å². The Morgan fingerprint density at radius 3 is 3.07 bits per heavy atom. The summed E-state index contributed by atoms with van der Waals surface area (Å²) >= 11 is 0. The maximum atomic E-state index is 10.8. The van der Waals surface area contributed by atoms with Gasteiger partial charge in [-0.1, -0.05) is 0 Å². The smallest absolute Gasteiger partial charge is 0.220 e. The average molecular weight is 194 g/mol. The number of nitrogens with one attached hydrogen (secondary N) is 1. The Bertz CT molecular complexity index is 260. The highest BCUT2D eigenvalue weighted by atomic mass is 16.1. The van der Waals surface area contributed by atoms with Gasteiger partial charge in [-0.15, -0.1) is 0 Å². The van der Waals surface area contributed by atoms with Gasteiger partial charge in [0.15, 0.2) is 0 Å². The molecule has 2 saturated heterocycles. The summed E-state index contributed by atoms with van der Waals surface area (Å²) in [6.07, 6.45) is 6.90. The highest BCUT2D eigenvalue weighted by Crippen LogP contribution is 2.30. The number of rotatable bonds is 1. The fraction of sp³-hybridized carbons (Fsp3) is 0.727. The van der Waals surface area contributed by atoms with Crippen molar-refractivity contribution in [2.75, 3.05) is 13.1 Å². The van der Waals surface area contributed by atoms with Crippen LogP contribution in [0.5, 0.6) is 0 Å². The lowest BCUT2D eigenvalue weighted by Crippen LogP contribution is -2.36. The zero-order valence-electron chi connectivity index (χ0n) is 8.75. The highest BCUT2D eigenvalue weighted by Gasteiger charge is 2.30. The Morgan fingerprint density at radius 1 is 1.50 bits per heavy atom. The van der Waals surface area contributed by atoms with Crippen LogP contribution in [0.4, 0.5) is 0 Å². The third kappa shape index (κ3) is 1.98. The normalized spacial score (nSPS) is 30.4. The number of carbonyl (C=O) groups is 1. The average Bonchev–Trinajstić information content (AvgIpc) is 2.62. The second kappa shape index (κ2) is 4.13. The van der Waals surface area contributed by atoms with E-state index in [0.717, 1.165) is 6.42 Å². The summed E-state index contributed by atoms with van der Waals surface area (Å²) in [5, 5.41) is 2.80. The second-order valence-electron chi connectivity index (χ2n) is 4.22. The largest absolute Gasteiger partial charge is 0.333 e. The predicted molar refractivity (Wildman–Crippen MR) is 55.7 cm³/mol. The third-order valence-electron chi connectivity index (χ3n) is 3.16. The van der Waals surface area contributed by atoms with Crippen LogP contribution in [0.15, 0.2) is 11.8 Å². The molecule has 3 heteroatoms. The monoisotopic (exact) mass is 194 g/mol. The topological polar surface area (TPSA) is 32.3 Å². The lowest BCUT2D eigenvalue weighted by atomic mass is 9.97. The molecule has 0 aromatic heterocycles. The minimum atomic E-state index is 0.0348. The molecule has 2 heterocycles. The van der Waals surface area contributed by atoms with Crippen molar-refractivity contribution in [3.8, 4) is 0 Å². The number of carbonyl (C=O) groups excluding carboxylic acids is 1. The Hall–Kier alpha value is -0.830. The molecule has 2 aliphatic heterocycles. The summed E-state index contributed by atoms with van der Waals surface area (Å²) in [5.74, 6) is 0.0348. The maximum absolute atomic E-state index is 10.8. The second-order valence-corrected chi connectivity index (χ2v) is 4.22.